The summed E-state index contributed by atoms with van der Waals surface area (Å²) in [6.45, 7) is 13.1. The van der Waals surface area contributed by atoms with E-state index in [1.54, 1.807) is 0 Å². The fraction of sp³-hybridized carbons (Fsp3) is 0.733. The van der Waals surface area contributed by atoms with Gasteiger partial charge < -0.3 is 0 Å². The van der Waals surface area contributed by atoms with Gasteiger partial charge in [-0.3, -0.25) is 0 Å². The van der Waals surface area contributed by atoms with Crippen LogP contribution in [0.3, 0.4) is 0 Å². The highest BCUT2D eigenvalue weighted by atomic mass is 32.2. The minimum Gasteiger partial charge on any atom is -0.218 e. The van der Waals surface area contributed by atoms with Crippen molar-refractivity contribution in [2.24, 2.45) is 0 Å². The minimum atomic E-state index is -3.15. The molecule has 0 saturated heterocycles. The van der Waals surface area contributed by atoms with Crippen LogP contribution in [0.5, 0.6) is 0 Å². The van der Waals surface area contributed by atoms with Crippen molar-refractivity contribution in [3.8, 4) is 0 Å². The number of nitrogens with one attached hydrogen (secondary N) is 1. The zero-order chi connectivity index (χ0) is 15.8. The summed E-state index contributed by atoms with van der Waals surface area (Å²) in [5, 5.41) is 0. The van der Waals surface area contributed by atoms with E-state index in [-0.39, 0.29) is 16.6 Å². The third-order valence-electron chi connectivity index (χ3n) is 3.18. The maximum Gasteiger partial charge on any atom is 0.211 e. The highest BCUT2D eigenvalue weighted by molar-refractivity contribution is 7.89. The molecule has 0 aliphatic rings. The third kappa shape index (κ3) is 4.57. The van der Waals surface area contributed by atoms with Crippen molar-refractivity contribution in [2.45, 2.75) is 58.8 Å². The van der Waals surface area contributed by atoms with Crippen molar-refractivity contribution in [1.29, 1.82) is 0 Å². The van der Waals surface area contributed by atoms with Crippen molar-refractivity contribution >= 4 is 21.4 Å². The first-order valence-electron chi connectivity index (χ1n) is 6.92. The topological polar surface area (TPSA) is 46.2 Å². The van der Waals surface area contributed by atoms with Gasteiger partial charge in [-0.05, 0) is 35.9 Å². The first kappa shape index (κ1) is 17.7. The quantitative estimate of drug-likeness (QED) is 0.924. The molecule has 0 atom stereocenters. The van der Waals surface area contributed by atoms with Crippen LogP contribution in [0.4, 0.5) is 0 Å². The Hall–Kier alpha value is -0.390. The molecule has 0 unspecified atom stereocenters. The summed E-state index contributed by atoms with van der Waals surface area (Å²) in [4.78, 5) is 2.62. The van der Waals surface area contributed by atoms with E-state index in [2.05, 4.69) is 52.3 Å². The van der Waals surface area contributed by atoms with E-state index in [4.69, 9.17) is 0 Å². The van der Waals surface area contributed by atoms with Crippen LogP contribution in [-0.2, 0) is 27.3 Å². The number of hydrogen-bond acceptors (Lipinski definition) is 3. The minimum absolute atomic E-state index is 0.0485. The van der Waals surface area contributed by atoms with Crippen LogP contribution < -0.4 is 4.72 Å². The Balaban J connectivity index is 3.14. The molecule has 0 aliphatic heterocycles. The van der Waals surface area contributed by atoms with Crippen LogP contribution in [0.2, 0.25) is 0 Å². The maximum atomic E-state index is 11.6. The summed E-state index contributed by atoms with van der Waals surface area (Å²) >= 11 is 1.82. The molecule has 0 radical (unpaired) electrons. The van der Waals surface area contributed by atoms with Gasteiger partial charge in [-0.25, -0.2) is 13.1 Å². The molecule has 0 spiro atoms. The Morgan fingerprint density at radius 3 is 2.05 bits per heavy atom. The third-order valence-corrected chi connectivity index (χ3v) is 6.57. The van der Waals surface area contributed by atoms with Crippen LogP contribution >= 0.6 is 11.3 Å². The van der Waals surface area contributed by atoms with E-state index >= 15 is 0 Å². The SMILES string of the molecule is CNS(=O)(=O)CCc1cc(C(C)(C)C)sc1C(C)(C)C. The smallest absolute Gasteiger partial charge is 0.211 e. The molecule has 0 aliphatic carbocycles. The van der Waals surface area contributed by atoms with Crippen molar-refractivity contribution in [2.75, 3.05) is 12.8 Å². The lowest BCUT2D eigenvalue weighted by Gasteiger charge is -2.19. The van der Waals surface area contributed by atoms with Crippen LogP contribution in [-0.4, -0.2) is 21.2 Å². The first-order valence-corrected chi connectivity index (χ1v) is 9.38. The second kappa shape index (κ2) is 5.78. The highest BCUT2D eigenvalue weighted by Crippen LogP contribution is 2.39. The second-order valence-electron chi connectivity index (χ2n) is 7.24. The molecule has 0 saturated carbocycles. The molecule has 20 heavy (non-hydrogen) atoms. The fourth-order valence-corrected chi connectivity index (χ4v) is 3.98. The van der Waals surface area contributed by atoms with Gasteiger partial charge in [-0.2, -0.15) is 0 Å². The average Bonchev–Trinajstić information content (AvgIpc) is 2.70. The van der Waals surface area contributed by atoms with E-state index in [1.807, 2.05) is 11.3 Å². The van der Waals surface area contributed by atoms with E-state index in [9.17, 15) is 8.42 Å². The maximum absolute atomic E-state index is 11.6. The molecule has 1 aromatic heterocycles. The van der Waals surface area contributed by atoms with Gasteiger partial charge >= 0.3 is 0 Å². The summed E-state index contributed by atoms with van der Waals surface area (Å²) in [5.41, 5.74) is 1.32. The van der Waals surface area contributed by atoms with Crippen molar-refractivity contribution in [1.82, 2.24) is 4.72 Å². The Morgan fingerprint density at radius 2 is 1.65 bits per heavy atom. The molecular formula is C15H27NO2S2. The van der Waals surface area contributed by atoms with Gasteiger partial charge in [-0.1, -0.05) is 41.5 Å². The van der Waals surface area contributed by atoms with Gasteiger partial charge in [0.05, 0.1) is 5.75 Å². The molecule has 1 N–H and O–H groups in total. The predicted octanol–water partition coefficient (Wildman–Crippen LogP) is 3.43. The van der Waals surface area contributed by atoms with Gasteiger partial charge in [0.2, 0.25) is 10.0 Å². The van der Waals surface area contributed by atoms with Crippen LogP contribution in [0, 0.1) is 0 Å². The lowest BCUT2D eigenvalue weighted by molar-refractivity contribution is 0.583. The Bertz CT molecular complexity index is 558. The number of hydrogen-bond donors (Lipinski definition) is 1. The van der Waals surface area contributed by atoms with Crippen LogP contribution in [0.25, 0.3) is 0 Å². The van der Waals surface area contributed by atoms with Gasteiger partial charge in [0.15, 0.2) is 0 Å². The van der Waals surface area contributed by atoms with Crippen LogP contribution in [0.15, 0.2) is 6.07 Å². The molecule has 1 aromatic rings. The van der Waals surface area contributed by atoms with Crippen molar-refractivity contribution < 1.29 is 8.42 Å². The molecule has 0 fully saturated rings. The van der Waals surface area contributed by atoms with E-state index in [0.29, 0.717) is 6.42 Å². The molecule has 0 amide bonds. The summed E-state index contributed by atoms with van der Waals surface area (Å²) in [6.07, 6.45) is 0.572. The van der Waals surface area contributed by atoms with E-state index < -0.39 is 10.0 Å². The van der Waals surface area contributed by atoms with Gasteiger partial charge in [-0.15, -0.1) is 11.3 Å². The monoisotopic (exact) mass is 317 g/mol. The predicted molar refractivity (Wildman–Crippen MR) is 88.3 cm³/mol. The lowest BCUT2D eigenvalue weighted by Crippen LogP contribution is -2.23. The van der Waals surface area contributed by atoms with Gasteiger partial charge in [0, 0.05) is 9.75 Å². The Labute approximate surface area is 127 Å². The number of sulfonamides is 1. The summed E-state index contributed by atoms with van der Waals surface area (Å²) in [6, 6.07) is 2.19. The fourth-order valence-electron chi connectivity index (χ4n) is 1.97. The standard InChI is InChI=1S/C15H27NO2S2/c1-14(2,3)12-10-11(8-9-20(17,18)16-7)13(19-12)15(4,5)6/h10,16H,8-9H2,1-7H3. The molecule has 116 valence electrons. The van der Waals surface area contributed by atoms with Crippen molar-refractivity contribution in [3.63, 3.8) is 0 Å². The summed E-state index contributed by atoms with van der Waals surface area (Å²) in [5.74, 6) is 0.146. The lowest BCUT2D eigenvalue weighted by atomic mass is 9.89. The number of aryl methyl sites for hydroxylation is 1. The zero-order valence-corrected chi connectivity index (χ0v) is 15.3. The van der Waals surface area contributed by atoms with Crippen molar-refractivity contribution in [3.05, 3.63) is 21.4 Å². The largest absolute Gasteiger partial charge is 0.218 e. The summed E-state index contributed by atoms with van der Waals surface area (Å²) in [7, 11) is -1.69. The zero-order valence-electron chi connectivity index (χ0n) is 13.6. The normalized spacial score (nSPS) is 13.8. The molecule has 0 aromatic carbocycles. The molecule has 1 rings (SSSR count). The summed E-state index contributed by atoms with van der Waals surface area (Å²) < 4.78 is 25.6. The highest BCUT2D eigenvalue weighted by Gasteiger charge is 2.26. The van der Waals surface area contributed by atoms with E-state index in [0.717, 1.165) is 0 Å². The molecular weight excluding hydrogens is 290 g/mol. The van der Waals surface area contributed by atoms with Crippen LogP contribution in [0.1, 0.15) is 56.9 Å². The number of thiophene rings is 1. The first-order chi connectivity index (χ1) is 8.87. The molecule has 0 bridgehead atoms. The Morgan fingerprint density at radius 1 is 1.10 bits per heavy atom. The molecule has 3 nitrogen and oxygen atoms in total. The number of rotatable bonds is 4. The average molecular weight is 318 g/mol. The molecule has 5 heteroatoms. The van der Waals surface area contributed by atoms with Gasteiger partial charge in [0.1, 0.15) is 0 Å². The molecule has 1 heterocycles. The van der Waals surface area contributed by atoms with E-state index in [1.165, 1.54) is 22.4 Å². The second-order valence-corrected chi connectivity index (χ2v) is 10.3. The Kier molecular flexibility index (Phi) is 5.10. The van der Waals surface area contributed by atoms with Gasteiger partial charge in [0.25, 0.3) is 0 Å².